The number of hydrogen-bond acceptors (Lipinski definition) is 4. The molecule has 0 aromatic rings. The van der Waals surface area contributed by atoms with Gasteiger partial charge < -0.3 is 15.2 Å². The predicted octanol–water partition coefficient (Wildman–Crippen LogP) is 0.548. The first-order chi connectivity index (χ1) is 6.74. The third-order valence-electron chi connectivity index (χ3n) is 2.16. The lowest BCUT2D eigenvalue weighted by Crippen LogP contribution is -2.29. The van der Waals surface area contributed by atoms with Gasteiger partial charge in [0.2, 0.25) is 0 Å². The highest BCUT2D eigenvalue weighted by Crippen LogP contribution is 2.08. The van der Waals surface area contributed by atoms with Gasteiger partial charge in [-0.15, -0.1) is 0 Å². The summed E-state index contributed by atoms with van der Waals surface area (Å²) in [5, 5.41) is 11.8. The molecule has 0 rings (SSSR count). The fourth-order valence-electron chi connectivity index (χ4n) is 1.39. The Hall–Kier alpha value is -0.610. The second kappa shape index (κ2) is 8.97. The van der Waals surface area contributed by atoms with Crippen molar-refractivity contribution in [3.05, 3.63) is 0 Å². The summed E-state index contributed by atoms with van der Waals surface area (Å²) in [7, 11) is 1.38. The number of aliphatic hydroxyl groups is 1. The molecule has 14 heavy (non-hydrogen) atoms. The van der Waals surface area contributed by atoms with E-state index in [1.54, 1.807) is 0 Å². The molecule has 0 aliphatic rings. The van der Waals surface area contributed by atoms with Crippen molar-refractivity contribution in [1.29, 1.82) is 0 Å². The quantitative estimate of drug-likeness (QED) is 0.566. The van der Waals surface area contributed by atoms with E-state index in [4.69, 9.17) is 5.11 Å². The van der Waals surface area contributed by atoms with Gasteiger partial charge in [0.25, 0.3) is 0 Å². The van der Waals surface area contributed by atoms with Crippen LogP contribution >= 0.6 is 0 Å². The number of nitrogens with one attached hydrogen (secondary N) is 1. The van der Waals surface area contributed by atoms with E-state index in [-0.39, 0.29) is 19.1 Å². The number of rotatable bonds is 8. The van der Waals surface area contributed by atoms with Gasteiger partial charge in [-0.1, -0.05) is 13.3 Å². The predicted molar refractivity (Wildman–Crippen MR) is 55.0 cm³/mol. The van der Waals surface area contributed by atoms with Crippen LogP contribution in [0.2, 0.25) is 0 Å². The van der Waals surface area contributed by atoms with Crippen molar-refractivity contribution in [2.24, 2.45) is 5.92 Å². The van der Waals surface area contributed by atoms with Crippen LogP contribution in [0.4, 0.5) is 0 Å². The average molecular weight is 203 g/mol. The van der Waals surface area contributed by atoms with E-state index in [0.29, 0.717) is 5.92 Å². The van der Waals surface area contributed by atoms with Crippen LogP contribution in [-0.4, -0.2) is 37.9 Å². The summed E-state index contributed by atoms with van der Waals surface area (Å²) in [6.45, 7) is 3.35. The minimum atomic E-state index is -0.246. The second-order valence-corrected chi connectivity index (χ2v) is 3.37. The summed E-state index contributed by atoms with van der Waals surface area (Å²) in [4.78, 5) is 10.8. The van der Waals surface area contributed by atoms with E-state index in [1.807, 2.05) is 0 Å². The molecule has 0 heterocycles. The van der Waals surface area contributed by atoms with E-state index < -0.39 is 0 Å². The fraction of sp³-hybridized carbons (Fsp3) is 0.900. The van der Waals surface area contributed by atoms with E-state index >= 15 is 0 Å². The lowest BCUT2D eigenvalue weighted by molar-refractivity contribution is -0.139. The second-order valence-electron chi connectivity index (χ2n) is 3.37. The summed E-state index contributed by atoms with van der Waals surface area (Å²) in [6.07, 6.45) is 2.97. The summed E-state index contributed by atoms with van der Waals surface area (Å²) < 4.78 is 4.50. The number of esters is 1. The number of carbonyl (C=O) groups excluding carboxylic acids is 1. The summed E-state index contributed by atoms with van der Waals surface area (Å²) in [6, 6.07) is 0. The molecule has 0 amide bonds. The Morgan fingerprint density at radius 3 is 2.71 bits per heavy atom. The van der Waals surface area contributed by atoms with Gasteiger partial charge >= 0.3 is 5.97 Å². The highest BCUT2D eigenvalue weighted by atomic mass is 16.5. The van der Waals surface area contributed by atoms with Crippen molar-refractivity contribution < 1.29 is 14.6 Å². The molecule has 0 aromatic heterocycles. The van der Waals surface area contributed by atoms with Crippen LogP contribution < -0.4 is 5.32 Å². The summed E-state index contributed by atoms with van der Waals surface area (Å²) >= 11 is 0. The van der Waals surface area contributed by atoms with Gasteiger partial charge in [0.1, 0.15) is 0 Å². The highest BCUT2D eigenvalue weighted by molar-refractivity contribution is 5.71. The minimum absolute atomic E-state index is 0.213. The van der Waals surface area contributed by atoms with Crippen LogP contribution in [0.1, 0.15) is 26.2 Å². The molecule has 0 spiro atoms. The zero-order valence-corrected chi connectivity index (χ0v) is 9.08. The Morgan fingerprint density at radius 2 is 2.21 bits per heavy atom. The van der Waals surface area contributed by atoms with Gasteiger partial charge in [-0.3, -0.25) is 4.79 Å². The van der Waals surface area contributed by atoms with Crippen molar-refractivity contribution in [3.8, 4) is 0 Å². The van der Waals surface area contributed by atoms with Gasteiger partial charge in [0.05, 0.1) is 13.7 Å². The van der Waals surface area contributed by atoms with Gasteiger partial charge in [-0.25, -0.2) is 0 Å². The van der Waals surface area contributed by atoms with E-state index in [9.17, 15) is 4.79 Å². The Bertz CT molecular complexity index is 144. The molecule has 0 aromatic carbocycles. The molecule has 0 aliphatic heterocycles. The maximum atomic E-state index is 10.8. The van der Waals surface area contributed by atoms with E-state index in [0.717, 1.165) is 25.8 Å². The Kier molecular flexibility index (Phi) is 8.57. The largest absolute Gasteiger partial charge is 0.468 e. The van der Waals surface area contributed by atoms with Crippen molar-refractivity contribution in [2.75, 3.05) is 26.8 Å². The van der Waals surface area contributed by atoms with E-state index in [1.165, 1.54) is 7.11 Å². The monoisotopic (exact) mass is 203 g/mol. The van der Waals surface area contributed by atoms with Gasteiger partial charge in [0, 0.05) is 6.61 Å². The normalized spacial score (nSPS) is 12.5. The molecular formula is C10H21NO3. The third-order valence-corrected chi connectivity index (χ3v) is 2.16. The molecule has 0 aliphatic carbocycles. The molecule has 1 atom stereocenters. The molecule has 84 valence electrons. The van der Waals surface area contributed by atoms with Crippen LogP contribution in [0, 0.1) is 5.92 Å². The molecule has 0 saturated heterocycles. The third kappa shape index (κ3) is 6.86. The van der Waals surface area contributed by atoms with Crippen LogP contribution in [0.25, 0.3) is 0 Å². The topological polar surface area (TPSA) is 58.6 Å². The Balaban J connectivity index is 3.54. The molecule has 1 unspecified atom stereocenters. The van der Waals surface area contributed by atoms with Gasteiger partial charge in [-0.2, -0.15) is 0 Å². The smallest absolute Gasteiger partial charge is 0.319 e. The maximum absolute atomic E-state index is 10.8. The van der Waals surface area contributed by atoms with Crippen LogP contribution in [0.3, 0.4) is 0 Å². The molecule has 4 heteroatoms. The van der Waals surface area contributed by atoms with Gasteiger partial charge in [-0.05, 0) is 25.3 Å². The molecule has 2 N–H and O–H groups in total. The van der Waals surface area contributed by atoms with Crippen molar-refractivity contribution >= 4 is 5.97 Å². The Morgan fingerprint density at radius 1 is 1.50 bits per heavy atom. The number of hydrogen-bond donors (Lipinski definition) is 2. The maximum Gasteiger partial charge on any atom is 0.319 e. The highest BCUT2D eigenvalue weighted by Gasteiger charge is 2.07. The fourth-order valence-corrected chi connectivity index (χ4v) is 1.39. The molecular weight excluding hydrogens is 182 g/mol. The zero-order chi connectivity index (χ0) is 10.8. The Labute approximate surface area is 85.6 Å². The molecule has 0 saturated carbocycles. The van der Waals surface area contributed by atoms with Crippen molar-refractivity contribution in [2.45, 2.75) is 26.2 Å². The van der Waals surface area contributed by atoms with Crippen LogP contribution in [0.5, 0.6) is 0 Å². The van der Waals surface area contributed by atoms with Crippen LogP contribution in [0.15, 0.2) is 0 Å². The lowest BCUT2D eigenvalue weighted by atomic mass is 10.0. The molecule has 0 bridgehead atoms. The van der Waals surface area contributed by atoms with E-state index in [2.05, 4.69) is 17.0 Å². The molecule has 0 radical (unpaired) electrons. The van der Waals surface area contributed by atoms with Crippen LogP contribution in [-0.2, 0) is 9.53 Å². The standard InChI is InChI=1S/C10H21NO3/c1-3-4-9(5-6-12)7-11-8-10(13)14-2/h9,11-12H,3-8H2,1-2H3. The molecule has 4 nitrogen and oxygen atoms in total. The molecule has 0 fully saturated rings. The summed E-state index contributed by atoms with van der Waals surface area (Å²) in [5.74, 6) is 0.207. The van der Waals surface area contributed by atoms with Crippen molar-refractivity contribution in [3.63, 3.8) is 0 Å². The zero-order valence-electron chi connectivity index (χ0n) is 9.08. The number of methoxy groups -OCH3 is 1. The number of aliphatic hydroxyl groups excluding tert-OH is 1. The number of carbonyl (C=O) groups is 1. The summed E-state index contributed by atoms with van der Waals surface area (Å²) in [5.41, 5.74) is 0. The minimum Gasteiger partial charge on any atom is -0.468 e. The SMILES string of the molecule is CCCC(CCO)CNCC(=O)OC. The lowest BCUT2D eigenvalue weighted by Gasteiger charge is -2.14. The first-order valence-electron chi connectivity index (χ1n) is 5.13. The average Bonchev–Trinajstić information content (AvgIpc) is 2.18. The van der Waals surface area contributed by atoms with Gasteiger partial charge in [0.15, 0.2) is 0 Å². The first kappa shape index (κ1) is 13.4. The first-order valence-corrected chi connectivity index (χ1v) is 5.13. The van der Waals surface area contributed by atoms with Crippen molar-refractivity contribution in [1.82, 2.24) is 5.32 Å². The number of ether oxygens (including phenoxy) is 1.